The Hall–Kier alpha value is -3.19. The van der Waals surface area contributed by atoms with Gasteiger partial charge in [-0.25, -0.2) is 4.98 Å². The molecule has 172 valence electrons. The van der Waals surface area contributed by atoms with Gasteiger partial charge in [0.15, 0.2) is 6.29 Å². The monoisotopic (exact) mass is 467 g/mol. The van der Waals surface area contributed by atoms with Gasteiger partial charge in [0.1, 0.15) is 17.0 Å². The van der Waals surface area contributed by atoms with Crippen LogP contribution in [0.3, 0.4) is 0 Å². The molecular formula is C25H26ClN3O4. The van der Waals surface area contributed by atoms with Gasteiger partial charge in [0.05, 0.1) is 12.5 Å². The number of hydrogen-bond acceptors (Lipinski definition) is 6. The predicted molar refractivity (Wildman–Crippen MR) is 129 cm³/mol. The SMILES string of the molecule is CCOC(=O)C1CCN(c2c(-c3cccc(Cl)c3)c3ccc(C=O)nc3n(CC)c2=O)CC1. The standard InChI is InChI=1S/C25H26ClN3O4/c1-3-29-23-20(9-8-19(15-30)27-23)21(17-6-5-7-18(26)14-17)22(24(29)31)28-12-10-16(11-13-28)25(32)33-4-2/h5-9,14-16H,3-4,10-13H2,1-2H3. The van der Waals surface area contributed by atoms with E-state index >= 15 is 0 Å². The Bertz CT molecular complexity index is 1260. The van der Waals surface area contributed by atoms with Crippen molar-refractivity contribution < 1.29 is 14.3 Å². The molecule has 3 heterocycles. The quantitative estimate of drug-likeness (QED) is 0.396. The maximum absolute atomic E-state index is 13.8. The summed E-state index contributed by atoms with van der Waals surface area (Å²) in [6, 6.07) is 10.9. The Balaban J connectivity index is 1.91. The number of carbonyl (C=O) groups is 2. The molecule has 0 unspecified atom stereocenters. The lowest BCUT2D eigenvalue weighted by atomic mass is 9.94. The number of rotatable bonds is 6. The van der Waals surface area contributed by atoms with Crippen molar-refractivity contribution in [2.24, 2.45) is 5.92 Å². The molecule has 3 aromatic rings. The molecule has 0 amide bonds. The van der Waals surface area contributed by atoms with Gasteiger partial charge in [0.25, 0.3) is 5.56 Å². The highest BCUT2D eigenvalue weighted by atomic mass is 35.5. The van der Waals surface area contributed by atoms with E-state index in [0.29, 0.717) is 61.7 Å². The average Bonchev–Trinajstić information content (AvgIpc) is 2.83. The van der Waals surface area contributed by atoms with Crippen molar-refractivity contribution in [1.29, 1.82) is 0 Å². The second-order valence-electron chi connectivity index (χ2n) is 8.02. The number of carbonyl (C=O) groups excluding carboxylic acids is 2. The van der Waals surface area contributed by atoms with Crippen LogP contribution in [0.5, 0.6) is 0 Å². The smallest absolute Gasteiger partial charge is 0.309 e. The number of nitrogens with zero attached hydrogens (tertiary/aromatic N) is 3. The number of pyridine rings is 2. The van der Waals surface area contributed by atoms with Crippen LogP contribution < -0.4 is 10.5 Å². The van der Waals surface area contributed by atoms with Crippen molar-refractivity contribution in [2.75, 3.05) is 24.6 Å². The van der Waals surface area contributed by atoms with Crippen molar-refractivity contribution >= 4 is 40.6 Å². The third kappa shape index (κ3) is 4.37. The van der Waals surface area contributed by atoms with Crippen LogP contribution in [0.1, 0.15) is 37.2 Å². The molecule has 1 fully saturated rings. The van der Waals surface area contributed by atoms with E-state index < -0.39 is 0 Å². The third-order valence-corrected chi connectivity index (χ3v) is 6.32. The van der Waals surface area contributed by atoms with Gasteiger partial charge >= 0.3 is 5.97 Å². The number of esters is 1. The fourth-order valence-corrected chi connectivity index (χ4v) is 4.70. The molecule has 1 aromatic carbocycles. The number of hydrogen-bond donors (Lipinski definition) is 0. The molecule has 7 nitrogen and oxygen atoms in total. The molecule has 0 saturated carbocycles. The largest absolute Gasteiger partial charge is 0.466 e. The Morgan fingerprint density at radius 1 is 1.21 bits per heavy atom. The molecule has 0 aliphatic carbocycles. The summed E-state index contributed by atoms with van der Waals surface area (Å²) in [5.74, 6) is -0.344. The lowest BCUT2D eigenvalue weighted by Gasteiger charge is -2.34. The molecule has 4 rings (SSSR count). The number of halogens is 1. The summed E-state index contributed by atoms with van der Waals surface area (Å²) in [7, 11) is 0. The first-order valence-electron chi connectivity index (χ1n) is 11.2. The molecule has 8 heteroatoms. The number of piperidine rings is 1. The first-order chi connectivity index (χ1) is 16.0. The molecule has 1 saturated heterocycles. The molecule has 0 atom stereocenters. The van der Waals surface area contributed by atoms with Crippen LogP contribution in [-0.2, 0) is 16.1 Å². The highest BCUT2D eigenvalue weighted by Gasteiger charge is 2.30. The Morgan fingerprint density at radius 2 is 1.97 bits per heavy atom. The summed E-state index contributed by atoms with van der Waals surface area (Å²) in [4.78, 5) is 43.9. The maximum atomic E-state index is 13.8. The Kier molecular flexibility index (Phi) is 6.79. The molecule has 0 N–H and O–H groups in total. The minimum atomic E-state index is -0.178. The lowest BCUT2D eigenvalue weighted by molar-refractivity contribution is -0.148. The van der Waals surface area contributed by atoms with Gasteiger partial charge in [0, 0.05) is 35.6 Å². The number of ether oxygens (including phenoxy) is 1. The van der Waals surface area contributed by atoms with Crippen molar-refractivity contribution in [3.8, 4) is 11.1 Å². The zero-order valence-electron chi connectivity index (χ0n) is 18.7. The maximum Gasteiger partial charge on any atom is 0.309 e. The zero-order valence-corrected chi connectivity index (χ0v) is 19.5. The van der Waals surface area contributed by atoms with E-state index in [1.165, 1.54) is 0 Å². The summed E-state index contributed by atoms with van der Waals surface area (Å²) in [5, 5.41) is 1.33. The van der Waals surface area contributed by atoms with Gasteiger partial charge in [-0.2, -0.15) is 0 Å². The first-order valence-corrected chi connectivity index (χ1v) is 11.6. The number of aldehydes is 1. The van der Waals surface area contributed by atoms with E-state index in [-0.39, 0.29) is 23.1 Å². The van der Waals surface area contributed by atoms with Crippen molar-refractivity contribution in [3.63, 3.8) is 0 Å². The molecular weight excluding hydrogens is 442 g/mol. The number of fused-ring (bicyclic) bond motifs is 1. The molecule has 33 heavy (non-hydrogen) atoms. The van der Waals surface area contributed by atoms with Gasteiger partial charge in [0.2, 0.25) is 0 Å². The molecule has 2 aromatic heterocycles. The average molecular weight is 468 g/mol. The highest BCUT2D eigenvalue weighted by molar-refractivity contribution is 6.31. The number of anilines is 1. The lowest BCUT2D eigenvalue weighted by Crippen LogP contribution is -2.41. The van der Waals surface area contributed by atoms with Crippen molar-refractivity contribution in [3.05, 3.63) is 57.5 Å². The highest BCUT2D eigenvalue weighted by Crippen LogP contribution is 2.37. The van der Waals surface area contributed by atoms with Gasteiger partial charge in [-0.3, -0.25) is 19.0 Å². The van der Waals surface area contributed by atoms with Crippen LogP contribution in [-0.4, -0.2) is 41.5 Å². The molecule has 0 spiro atoms. The molecule has 0 bridgehead atoms. The van der Waals surface area contributed by atoms with E-state index in [1.807, 2.05) is 36.1 Å². The van der Waals surface area contributed by atoms with Crippen LogP contribution in [0.25, 0.3) is 22.2 Å². The van der Waals surface area contributed by atoms with Crippen LogP contribution in [0, 0.1) is 5.92 Å². The summed E-state index contributed by atoms with van der Waals surface area (Å²) in [6.07, 6.45) is 1.90. The van der Waals surface area contributed by atoms with E-state index in [0.717, 1.165) is 16.5 Å². The van der Waals surface area contributed by atoms with Gasteiger partial charge in [-0.1, -0.05) is 23.7 Å². The van der Waals surface area contributed by atoms with E-state index in [9.17, 15) is 14.4 Å². The van der Waals surface area contributed by atoms with Gasteiger partial charge < -0.3 is 9.64 Å². The second kappa shape index (κ2) is 9.75. The van der Waals surface area contributed by atoms with E-state index in [1.54, 1.807) is 23.6 Å². The zero-order chi connectivity index (χ0) is 23.5. The Morgan fingerprint density at radius 3 is 2.61 bits per heavy atom. The number of benzene rings is 1. The fourth-order valence-electron chi connectivity index (χ4n) is 4.51. The predicted octanol–water partition coefficient (Wildman–Crippen LogP) is 4.33. The summed E-state index contributed by atoms with van der Waals surface area (Å²) < 4.78 is 6.79. The number of aryl methyl sites for hydroxylation is 1. The topological polar surface area (TPSA) is 81.5 Å². The van der Waals surface area contributed by atoms with Crippen LogP contribution >= 0.6 is 11.6 Å². The van der Waals surface area contributed by atoms with Gasteiger partial charge in [-0.05, 0) is 56.5 Å². The van der Waals surface area contributed by atoms with Crippen LogP contribution in [0.15, 0.2) is 41.2 Å². The molecule has 0 radical (unpaired) electrons. The summed E-state index contributed by atoms with van der Waals surface area (Å²) >= 11 is 6.30. The third-order valence-electron chi connectivity index (χ3n) is 6.09. The van der Waals surface area contributed by atoms with E-state index in [2.05, 4.69) is 4.98 Å². The van der Waals surface area contributed by atoms with Crippen LogP contribution in [0.2, 0.25) is 5.02 Å². The Labute approximate surface area is 196 Å². The summed E-state index contributed by atoms with van der Waals surface area (Å²) in [6.45, 7) is 5.57. The second-order valence-corrected chi connectivity index (χ2v) is 8.46. The van der Waals surface area contributed by atoms with Gasteiger partial charge in [-0.15, -0.1) is 0 Å². The normalized spacial score (nSPS) is 14.5. The first kappa shape index (κ1) is 23.0. The van der Waals surface area contributed by atoms with Crippen LogP contribution in [0.4, 0.5) is 5.69 Å². The fraction of sp³-hybridized carbons (Fsp3) is 0.360. The number of aromatic nitrogens is 2. The van der Waals surface area contributed by atoms with Crippen molar-refractivity contribution in [1.82, 2.24) is 9.55 Å². The summed E-state index contributed by atoms with van der Waals surface area (Å²) in [5.41, 5.74) is 2.66. The van der Waals surface area contributed by atoms with Crippen molar-refractivity contribution in [2.45, 2.75) is 33.2 Å². The molecule has 1 aliphatic rings. The minimum Gasteiger partial charge on any atom is -0.466 e. The molecule has 1 aliphatic heterocycles. The minimum absolute atomic E-state index is 0.165. The van der Waals surface area contributed by atoms with E-state index in [4.69, 9.17) is 16.3 Å².